The third kappa shape index (κ3) is 6.26. The Bertz CT molecular complexity index is 99.2. The third-order valence-electron chi connectivity index (χ3n) is 2.15. The second-order valence-electron chi connectivity index (χ2n) is 3.35. The first-order chi connectivity index (χ1) is 5.85. The summed E-state index contributed by atoms with van der Waals surface area (Å²) in [7, 11) is 0. The van der Waals surface area contributed by atoms with Crippen molar-refractivity contribution < 1.29 is 0 Å². The highest BCUT2D eigenvalue weighted by molar-refractivity contribution is 4.73. The van der Waals surface area contributed by atoms with Crippen molar-refractivity contribution in [2.45, 2.75) is 58.4 Å². The summed E-state index contributed by atoms with van der Waals surface area (Å²) >= 11 is 0. The molecule has 0 bridgehead atoms. The molecule has 1 N–H and O–H groups in total. The van der Waals surface area contributed by atoms with Gasteiger partial charge in [-0.2, -0.15) is 0 Å². The van der Waals surface area contributed by atoms with Gasteiger partial charge in [-0.3, -0.25) is 0 Å². The quantitative estimate of drug-likeness (QED) is 0.549. The van der Waals surface area contributed by atoms with Crippen LogP contribution in [-0.2, 0) is 0 Å². The summed E-state index contributed by atoms with van der Waals surface area (Å²) in [5.41, 5.74) is 0. The maximum absolute atomic E-state index is 3.70. The van der Waals surface area contributed by atoms with Crippen molar-refractivity contribution in [3.63, 3.8) is 0 Å². The Morgan fingerprint density at radius 2 is 1.92 bits per heavy atom. The van der Waals surface area contributed by atoms with Crippen LogP contribution in [0, 0.1) is 0 Å². The first kappa shape index (κ1) is 11.5. The second-order valence-corrected chi connectivity index (χ2v) is 3.35. The summed E-state index contributed by atoms with van der Waals surface area (Å²) in [5, 5.41) is 3.31. The molecule has 0 aliphatic heterocycles. The van der Waals surface area contributed by atoms with Crippen molar-refractivity contribution in [2.75, 3.05) is 0 Å². The van der Waals surface area contributed by atoms with Gasteiger partial charge >= 0.3 is 0 Å². The zero-order chi connectivity index (χ0) is 9.23. The van der Waals surface area contributed by atoms with E-state index in [0.29, 0.717) is 6.04 Å². The summed E-state index contributed by atoms with van der Waals surface area (Å²) in [6.45, 7) is 8.18. The van der Waals surface area contributed by atoms with E-state index in [1.807, 2.05) is 6.20 Å². The molecule has 0 fully saturated rings. The lowest BCUT2D eigenvalue weighted by molar-refractivity contribution is 0.475. The van der Waals surface area contributed by atoms with Gasteiger partial charge in [-0.05, 0) is 19.0 Å². The molecule has 0 aromatic rings. The van der Waals surface area contributed by atoms with E-state index in [9.17, 15) is 0 Å². The van der Waals surface area contributed by atoms with E-state index in [4.69, 9.17) is 0 Å². The van der Waals surface area contributed by atoms with Gasteiger partial charge in [0, 0.05) is 6.04 Å². The lowest BCUT2D eigenvalue weighted by atomic mass is 10.0. The van der Waals surface area contributed by atoms with Crippen LogP contribution in [0.1, 0.15) is 52.4 Å². The van der Waals surface area contributed by atoms with Crippen LogP contribution >= 0.6 is 0 Å². The van der Waals surface area contributed by atoms with Crippen molar-refractivity contribution in [3.05, 3.63) is 12.8 Å². The molecule has 1 heteroatoms. The van der Waals surface area contributed by atoms with Gasteiger partial charge in [-0.25, -0.2) is 0 Å². The Morgan fingerprint density at radius 1 is 1.17 bits per heavy atom. The van der Waals surface area contributed by atoms with E-state index in [1.54, 1.807) is 0 Å². The van der Waals surface area contributed by atoms with E-state index >= 15 is 0 Å². The normalized spacial score (nSPS) is 12.5. The standard InChI is InChI=1S/C11H23N/c1-4-7-8-10-11(9-5-2)12-6-3/h6,11-12H,3-5,7-10H2,1-2H3. The number of hydrogen-bond donors (Lipinski definition) is 1. The molecule has 1 nitrogen and oxygen atoms in total. The van der Waals surface area contributed by atoms with Crippen molar-refractivity contribution in [3.8, 4) is 0 Å². The fraction of sp³-hybridized carbons (Fsp3) is 0.818. The molecular formula is C11H23N. The highest BCUT2D eigenvalue weighted by Gasteiger charge is 2.03. The molecule has 72 valence electrons. The smallest absolute Gasteiger partial charge is 0.0255 e. The SMILES string of the molecule is C=CNC(CCC)CCCCC. The van der Waals surface area contributed by atoms with E-state index in [-0.39, 0.29) is 0 Å². The van der Waals surface area contributed by atoms with Gasteiger partial charge in [-0.1, -0.05) is 46.1 Å². The van der Waals surface area contributed by atoms with E-state index in [1.165, 1.54) is 38.5 Å². The average Bonchev–Trinajstić information content (AvgIpc) is 2.06. The third-order valence-corrected chi connectivity index (χ3v) is 2.15. The van der Waals surface area contributed by atoms with Gasteiger partial charge in [-0.15, -0.1) is 0 Å². The number of nitrogens with one attached hydrogen (secondary N) is 1. The molecule has 0 spiro atoms. The van der Waals surface area contributed by atoms with Crippen LogP contribution in [0.5, 0.6) is 0 Å². The average molecular weight is 169 g/mol. The van der Waals surface area contributed by atoms with Crippen LogP contribution in [0.15, 0.2) is 12.8 Å². The monoisotopic (exact) mass is 169 g/mol. The van der Waals surface area contributed by atoms with Crippen LogP contribution < -0.4 is 5.32 Å². The zero-order valence-corrected chi connectivity index (χ0v) is 8.60. The van der Waals surface area contributed by atoms with Gasteiger partial charge in [0.1, 0.15) is 0 Å². The minimum atomic E-state index is 0.666. The summed E-state index contributed by atoms with van der Waals surface area (Å²) in [6.07, 6.45) is 9.68. The first-order valence-corrected chi connectivity index (χ1v) is 5.22. The predicted octanol–water partition coefficient (Wildman–Crippen LogP) is 3.47. The van der Waals surface area contributed by atoms with Gasteiger partial charge in [0.05, 0.1) is 0 Å². The fourth-order valence-corrected chi connectivity index (χ4v) is 1.47. The van der Waals surface area contributed by atoms with Crippen LogP contribution in [0.4, 0.5) is 0 Å². The summed E-state index contributed by atoms with van der Waals surface area (Å²) in [6, 6.07) is 0.666. The highest BCUT2D eigenvalue weighted by Crippen LogP contribution is 2.07. The molecule has 0 rings (SSSR count). The molecule has 0 heterocycles. The molecule has 0 aliphatic rings. The Labute approximate surface area is 77.2 Å². The van der Waals surface area contributed by atoms with Crippen molar-refractivity contribution >= 4 is 0 Å². The van der Waals surface area contributed by atoms with Gasteiger partial charge in [0.2, 0.25) is 0 Å². The van der Waals surface area contributed by atoms with Crippen LogP contribution in [0.2, 0.25) is 0 Å². The maximum Gasteiger partial charge on any atom is 0.0255 e. The Hall–Kier alpha value is -0.460. The minimum Gasteiger partial charge on any atom is -0.389 e. The highest BCUT2D eigenvalue weighted by atomic mass is 14.9. The second kappa shape index (κ2) is 8.63. The van der Waals surface area contributed by atoms with E-state index in [0.717, 1.165) is 0 Å². The molecule has 0 radical (unpaired) electrons. The topological polar surface area (TPSA) is 12.0 Å². The number of rotatable bonds is 8. The fourth-order valence-electron chi connectivity index (χ4n) is 1.47. The molecule has 0 aromatic heterocycles. The maximum atomic E-state index is 3.70. The van der Waals surface area contributed by atoms with Crippen molar-refractivity contribution in [2.24, 2.45) is 0 Å². The van der Waals surface area contributed by atoms with Crippen molar-refractivity contribution in [1.29, 1.82) is 0 Å². The van der Waals surface area contributed by atoms with Crippen LogP contribution in [-0.4, -0.2) is 6.04 Å². The Balaban J connectivity index is 3.40. The summed E-state index contributed by atoms with van der Waals surface area (Å²) < 4.78 is 0. The van der Waals surface area contributed by atoms with Gasteiger partial charge < -0.3 is 5.32 Å². The summed E-state index contributed by atoms with van der Waals surface area (Å²) in [4.78, 5) is 0. The van der Waals surface area contributed by atoms with Crippen LogP contribution in [0.25, 0.3) is 0 Å². The molecule has 1 atom stereocenters. The van der Waals surface area contributed by atoms with Crippen LogP contribution in [0.3, 0.4) is 0 Å². The largest absolute Gasteiger partial charge is 0.389 e. The molecule has 0 saturated heterocycles. The minimum absolute atomic E-state index is 0.666. The molecule has 0 amide bonds. The molecule has 0 aliphatic carbocycles. The zero-order valence-electron chi connectivity index (χ0n) is 8.60. The lowest BCUT2D eigenvalue weighted by Crippen LogP contribution is -2.23. The number of hydrogen-bond acceptors (Lipinski definition) is 1. The van der Waals surface area contributed by atoms with Crippen molar-refractivity contribution in [1.82, 2.24) is 5.32 Å². The number of unbranched alkanes of at least 4 members (excludes halogenated alkanes) is 2. The Kier molecular flexibility index (Phi) is 8.30. The molecule has 0 aromatic carbocycles. The Morgan fingerprint density at radius 3 is 2.42 bits per heavy atom. The molecular weight excluding hydrogens is 146 g/mol. The van der Waals surface area contributed by atoms with E-state index < -0.39 is 0 Å². The summed E-state index contributed by atoms with van der Waals surface area (Å²) in [5.74, 6) is 0. The first-order valence-electron chi connectivity index (χ1n) is 5.22. The van der Waals surface area contributed by atoms with Gasteiger partial charge in [0.15, 0.2) is 0 Å². The molecule has 12 heavy (non-hydrogen) atoms. The predicted molar refractivity (Wildman–Crippen MR) is 56.2 cm³/mol. The van der Waals surface area contributed by atoms with E-state index in [2.05, 4.69) is 25.7 Å². The van der Waals surface area contributed by atoms with Gasteiger partial charge in [0.25, 0.3) is 0 Å². The lowest BCUT2D eigenvalue weighted by Gasteiger charge is -2.15. The molecule has 1 unspecified atom stereocenters. The molecule has 0 saturated carbocycles.